The van der Waals surface area contributed by atoms with Crippen molar-refractivity contribution in [2.75, 3.05) is 11.9 Å². The lowest BCUT2D eigenvalue weighted by atomic mass is 10.2. The third kappa shape index (κ3) is 5.15. The molecule has 2 N–H and O–H groups in total. The van der Waals surface area contributed by atoms with Crippen LogP contribution in [0.3, 0.4) is 0 Å². The summed E-state index contributed by atoms with van der Waals surface area (Å²) in [7, 11) is 0. The summed E-state index contributed by atoms with van der Waals surface area (Å²) in [5.41, 5.74) is 1.85. The number of benzene rings is 1. The first-order valence-electron chi connectivity index (χ1n) is 7.53. The van der Waals surface area contributed by atoms with Crippen molar-refractivity contribution in [3.63, 3.8) is 0 Å². The fourth-order valence-corrected chi connectivity index (χ4v) is 2.55. The van der Waals surface area contributed by atoms with E-state index in [0.717, 1.165) is 24.1 Å². The van der Waals surface area contributed by atoms with Gasteiger partial charge in [-0.25, -0.2) is 4.79 Å². The lowest BCUT2D eigenvalue weighted by molar-refractivity contribution is 0.252. The highest BCUT2D eigenvalue weighted by molar-refractivity contribution is 6.35. The molecule has 0 radical (unpaired) electrons. The average molecular weight is 355 g/mol. The molecule has 2 amide bonds. The maximum absolute atomic E-state index is 11.8. The fourth-order valence-electron chi connectivity index (χ4n) is 2.08. The summed E-state index contributed by atoms with van der Waals surface area (Å²) in [4.78, 5) is 11.8. The quantitative estimate of drug-likeness (QED) is 0.751. The van der Waals surface area contributed by atoms with Crippen LogP contribution in [0.5, 0.6) is 0 Å². The number of aromatic nitrogens is 2. The lowest BCUT2D eigenvalue weighted by Gasteiger charge is -2.07. The molecule has 7 heteroatoms. The van der Waals surface area contributed by atoms with E-state index in [4.69, 9.17) is 23.2 Å². The second-order valence-corrected chi connectivity index (χ2v) is 6.14. The maximum atomic E-state index is 11.8. The third-order valence-electron chi connectivity index (χ3n) is 3.37. The van der Waals surface area contributed by atoms with Gasteiger partial charge in [0.05, 0.1) is 6.54 Å². The molecule has 1 heterocycles. The molecule has 0 fully saturated rings. The van der Waals surface area contributed by atoms with E-state index < -0.39 is 0 Å². The lowest BCUT2D eigenvalue weighted by Crippen LogP contribution is -2.29. The Labute approximate surface area is 146 Å². The molecule has 0 aliphatic rings. The fraction of sp³-hybridized carbons (Fsp3) is 0.375. The van der Waals surface area contributed by atoms with Gasteiger partial charge < -0.3 is 5.32 Å². The summed E-state index contributed by atoms with van der Waals surface area (Å²) in [6.45, 7) is 5.17. The second-order valence-electron chi connectivity index (χ2n) is 5.30. The van der Waals surface area contributed by atoms with E-state index in [1.165, 1.54) is 0 Å². The number of amides is 2. The van der Waals surface area contributed by atoms with Crippen LogP contribution in [-0.2, 0) is 6.54 Å². The number of halogens is 2. The van der Waals surface area contributed by atoms with Gasteiger partial charge in [0.25, 0.3) is 0 Å². The summed E-state index contributed by atoms with van der Waals surface area (Å²) in [5.74, 6) is 0.515. The number of rotatable bonds is 6. The number of urea groups is 1. The van der Waals surface area contributed by atoms with Gasteiger partial charge in [0.15, 0.2) is 5.82 Å². The van der Waals surface area contributed by atoms with Crippen molar-refractivity contribution in [1.82, 2.24) is 15.1 Å². The number of anilines is 1. The molecule has 0 saturated carbocycles. The van der Waals surface area contributed by atoms with Gasteiger partial charge in [0.1, 0.15) is 0 Å². The van der Waals surface area contributed by atoms with Crippen LogP contribution in [0.1, 0.15) is 31.0 Å². The minimum atomic E-state index is -0.243. The van der Waals surface area contributed by atoms with E-state index in [1.807, 2.05) is 19.1 Å². The van der Waals surface area contributed by atoms with Crippen LogP contribution in [0.15, 0.2) is 24.3 Å². The molecular weight excluding hydrogens is 335 g/mol. The number of nitrogens with one attached hydrogen (secondary N) is 2. The van der Waals surface area contributed by atoms with Gasteiger partial charge in [-0.2, -0.15) is 5.10 Å². The van der Waals surface area contributed by atoms with E-state index in [-0.39, 0.29) is 6.03 Å². The molecule has 0 spiro atoms. The Bertz CT molecular complexity index is 685. The van der Waals surface area contributed by atoms with Gasteiger partial charge in [-0.15, -0.1) is 0 Å². The van der Waals surface area contributed by atoms with E-state index in [1.54, 1.807) is 16.8 Å². The van der Waals surface area contributed by atoms with Crippen molar-refractivity contribution in [2.24, 2.45) is 0 Å². The Kier molecular flexibility index (Phi) is 6.30. The third-order valence-corrected chi connectivity index (χ3v) is 3.96. The molecule has 0 unspecified atom stereocenters. The van der Waals surface area contributed by atoms with Gasteiger partial charge >= 0.3 is 6.03 Å². The SMILES string of the molecule is CCCCNC(=O)Nc1cc(C)n(Cc2ccc(Cl)cc2Cl)n1. The predicted octanol–water partition coefficient (Wildman–Crippen LogP) is 4.47. The maximum Gasteiger partial charge on any atom is 0.320 e. The molecule has 1 aromatic heterocycles. The van der Waals surface area contributed by atoms with Gasteiger partial charge in [-0.05, 0) is 31.0 Å². The largest absolute Gasteiger partial charge is 0.338 e. The first kappa shape index (κ1) is 17.6. The highest BCUT2D eigenvalue weighted by Crippen LogP contribution is 2.22. The molecule has 23 heavy (non-hydrogen) atoms. The summed E-state index contributed by atoms with van der Waals surface area (Å²) in [6.07, 6.45) is 1.99. The second kappa shape index (κ2) is 8.22. The molecule has 0 saturated heterocycles. The number of nitrogens with zero attached hydrogens (tertiary/aromatic N) is 2. The van der Waals surface area contributed by atoms with Crippen LogP contribution in [0.25, 0.3) is 0 Å². The normalized spacial score (nSPS) is 10.6. The summed E-state index contributed by atoms with van der Waals surface area (Å²) in [5, 5.41) is 11.1. The van der Waals surface area contributed by atoms with Crippen molar-refractivity contribution in [3.8, 4) is 0 Å². The molecule has 124 valence electrons. The van der Waals surface area contributed by atoms with Crippen LogP contribution in [0, 0.1) is 6.92 Å². The molecular formula is C16H20Cl2N4O. The minimum Gasteiger partial charge on any atom is -0.338 e. The van der Waals surface area contributed by atoms with Crippen molar-refractivity contribution in [3.05, 3.63) is 45.6 Å². The zero-order valence-corrected chi connectivity index (χ0v) is 14.7. The van der Waals surface area contributed by atoms with E-state index in [0.29, 0.717) is 29.0 Å². The highest BCUT2D eigenvalue weighted by Gasteiger charge is 2.09. The van der Waals surface area contributed by atoms with Crippen molar-refractivity contribution < 1.29 is 4.79 Å². The number of carbonyl (C=O) groups excluding carboxylic acids is 1. The number of carbonyl (C=O) groups is 1. The standard InChI is InChI=1S/C16H20Cl2N4O/c1-3-4-7-19-16(23)20-15-8-11(2)22(21-15)10-12-5-6-13(17)9-14(12)18/h5-6,8-9H,3-4,7,10H2,1-2H3,(H2,19,20,21,23). The Balaban J connectivity index is 2.01. The first-order valence-corrected chi connectivity index (χ1v) is 8.28. The van der Waals surface area contributed by atoms with Crippen molar-refractivity contribution in [1.29, 1.82) is 0 Å². The van der Waals surface area contributed by atoms with Gasteiger partial charge in [0.2, 0.25) is 0 Å². The monoisotopic (exact) mass is 354 g/mol. The molecule has 2 rings (SSSR count). The highest BCUT2D eigenvalue weighted by atomic mass is 35.5. The zero-order valence-electron chi connectivity index (χ0n) is 13.2. The Morgan fingerprint density at radius 3 is 2.78 bits per heavy atom. The Morgan fingerprint density at radius 2 is 2.09 bits per heavy atom. The molecule has 5 nitrogen and oxygen atoms in total. The van der Waals surface area contributed by atoms with Crippen molar-refractivity contribution in [2.45, 2.75) is 33.2 Å². The van der Waals surface area contributed by atoms with E-state index in [2.05, 4.69) is 22.7 Å². The molecule has 1 aromatic carbocycles. The first-order chi connectivity index (χ1) is 11.0. The topological polar surface area (TPSA) is 59.0 Å². The average Bonchev–Trinajstić information content (AvgIpc) is 2.82. The van der Waals surface area contributed by atoms with Gasteiger partial charge in [-0.1, -0.05) is 42.6 Å². The number of unbranched alkanes of at least 4 members (excludes halogenated alkanes) is 1. The smallest absolute Gasteiger partial charge is 0.320 e. The van der Waals surface area contributed by atoms with Crippen LogP contribution in [0.2, 0.25) is 10.0 Å². The Morgan fingerprint density at radius 1 is 1.30 bits per heavy atom. The minimum absolute atomic E-state index is 0.243. The van der Waals surface area contributed by atoms with Crippen LogP contribution >= 0.6 is 23.2 Å². The van der Waals surface area contributed by atoms with E-state index >= 15 is 0 Å². The molecule has 2 aromatic rings. The molecule has 0 atom stereocenters. The summed E-state index contributed by atoms with van der Waals surface area (Å²) in [6, 6.07) is 6.95. The number of aryl methyl sites for hydroxylation is 1. The van der Waals surface area contributed by atoms with Crippen molar-refractivity contribution >= 4 is 35.1 Å². The predicted molar refractivity (Wildman–Crippen MR) is 94.5 cm³/mol. The number of hydrogen-bond donors (Lipinski definition) is 2. The van der Waals surface area contributed by atoms with Crippen LogP contribution in [-0.4, -0.2) is 22.4 Å². The summed E-state index contributed by atoms with van der Waals surface area (Å²) >= 11 is 12.1. The van der Waals surface area contributed by atoms with Gasteiger partial charge in [0, 0.05) is 28.4 Å². The number of hydrogen-bond acceptors (Lipinski definition) is 2. The van der Waals surface area contributed by atoms with E-state index in [9.17, 15) is 4.79 Å². The van der Waals surface area contributed by atoms with Gasteiger partial charge in [-0.3, -0.25) is 10.00 Å². The molecule has 0 aliphatic carbocycles. The van der Waals surface area contributed by atoms with Crippen LogP contribution in [0.4, 0.5) is 10.6 Å². The van der Waals surface area contributed by atoms with Crippen LogP contribution < -0.4 is 10.6 Å². The summed E-state index contributed by atoms with van der Waals surface area (Å²) < 4.78 is 1.79. The zero-order chi connectivity index (χ0) is 16.8. The molecule has 0 bridgehead atoms. The Hall–Kier alpha value is -1.72. The molecule has 0 aliphatic heterocycles.